The lowest BCUT2D eigenvalue weighted by Gasteiger charge is -2.22. The third kappa shape index (κ3) is 3.53. The summed E-state index contributed by atoms with van der Waals surface area (Å²) in [7, 11) is 0. The Labute approximate surface area is 142 Å². The normalized spacial score (nSPS) is 20.7. The molecule has 3 rings (SSSR count). The molecule has 0 fully saturated rings. The third-order valence-corrected chi connectivity index (χ3v) is 3.89. The molecule has 0 spiro atoms. The number of rotatable bonds is 4. The van der Waals surface area contributed by atoms with E-state index in [1.54, 1.807) is 30.5 Å². The molecular formula is C17H18F3N3O2. The Hall–Kier alpha value is -2.35. The first kappa shape index (κ1) is 17.5. The van der Waals surface area contributed by atoms with Crippen molar-refractivity contribution in [1.82, 2.24) is 9.78 Å². The van der Waals surface area contributed by atoms with Crippen LogP contribution in [0, 0.1) is 5.92 Å². The van der Waals surface area contributed by atoms with Crippen LogP contribution < -0.4 is 0 Å². The summed E-state index contributed by atoms with van der Waals surface area (Å²) in [6, 6.07) is 6.86. The minimum Gasteiger partial charge on any atom is -0.350 e. The first-order valence-electron chi connectivity index (χ1n) is 7.85. The maximum Gasteiger partial charge on any atom is 0.458 e. The van der Waals surface area contributed by atoms with Gasteiger partial charge in [-0.2, -0.15) is 18.3 Å². The van der Waals surface area contributed by atoms with Crippen LogP contribution in [0.3, 0.4) is 0 Å². The predicted octanol–water partition coefficient (Wildman–Crippen LogP) is 3.58. The summed E-state index contributed by atoms with van der Waals surface area (Å²) < 4.78 is 40.1. The Morgan fingerprint density at radius 2 is 1.84 bits per heavy atom. The first-order valence-corrected chi connectivity index (χ1v) is 7.85. The van der Waals surface area contributed by atoms with Gasteiger partial charge in [-0.15, -0.1) is 0 Å². The van der Waals surface area contributed by atoms with Crippen molar-refractivity contribution in [3.63, 3.8) is 0 Å². The second kappa shape index (κ2) is 6.18. The van der Waals surface area contributed by atoms with E-state index in [-0.39, 0.29) is 5.71 Å². The molecule has 0 bridgehead atoms. The van der Waals surface area contributed by atoms with E-state index in [0.717, 1.165) is 17.7 Å². The first-order chi connectivity index (χ1) is 11.7. The Bertz CT molecular complexity index is 781. The highest BCUT2D eigenvalue weighted by Crippen LogP contribution is 2.39. The van der Waals surface area contributed by atoms with E-state index in [1.165, 1.54) is 0 Å². The maximum atomic E-state index is 12.8. The van der Waals surface area contributed by atoms with Crippen LogP contribution in [-0.4, -0.2) is 32.6 Å². The zero-order valence-electron chi connectivity index (χ0n) is 13.8. The molecule has 5 nitrogen and oxygen atoms in total. The standard InChI is InChI=1S/C17H18F3N3O2/c1-11(2)9-23-10-14(8-21-23)12-3-5-13(6-4-12)15-7-16(24,25-22-15)17(18,19)20/h3-6,8,10-11,24H,7,9H2,1-2H3. The minimum atomic E-state index is -4.90. The van der Waals surface area contributed by atoms with Crippen LogP contribution in [0.5, 0.6) is 0 Å². The van der Waals surface area contributed by atoms with Crippen LogP contribution in [0.25, 0.3) is 11.1 Å². The van der Waals surface area contributed by atoms with Gasteiger partial charge >= 0.3 is 12.0 Å². The number of aliphatic hydroxyl groups is 1. The molecular weight excluding hydrogens is 335 g/mol. The van der Waals surface area contributed by atoms with Gasteiger partial charge in [-0.05, 0) is 17.0 Å². The van der Waals surface area contributed by atoms with Crippen molar-refractivity contribution in [3.8, 4) is 11.1 Å². The van der Waals surface area contributed by atoms with Crippen LogP contribution in [0.1, 0.15) is 25.8 Å². The zero-order chi connectivity index (χ0) is 18.2. The van der Waals surface area contributed by atoms with Crippen molar-refractivity contribution >= 4 is 5.71 Å². The molecule has 0 saturated heterocycles. The number of nitrogens with zero attached hydrogens (tertiary/aromatic N) is 3. The highest BCUT2D eigenvalue weighted by molar-refractivity contribution is 6.01. The van der Waals surface area contributed by atoms with E-state index >= 15 is 0 Å². The Kier molecular flexibility index (Phi) is 4.32. The van der Waals surface area contributed by atoms with Gasteiger partial charge in [0.05, 0.1) is 18.3 Å². The Morgan fingerprint density at radius 3 is 2.40 bits per heavy atom. The molecule has 1 aliphatic rings. The van der Waals surface area contributed by atoms with Crippen molar-refractivity contribution in [2.45, 2.75) is 38.8 Å². The van der Waals surface area contributed by atoms with Gasteiger partial charge in [-0.25, -0.2) is 0 Å². The van der Waals surface area contributed by atoms with E-state index in [1.807, 2.05) is 10.9 Å². The van der Waals surface area contributed by atoms with E-state index in [2.05, 4.69) is 28.9 Å². The van der Waals surface area contributed by atoms with Gasteiger partial charge in [-0.1, -0.05) is 43.3 Å². The van der Waals surface area contributed by atoms with Gasteiger partial charge in [0.25, 0.3) is 0 Å². The lowest BCUT2D eigenvalue weighted by molar-refractivity contribution is -0.355. The van der Waals surface area contributed by atoms with Gasteiger partial charge in [0, 0.05) is 18.3 Å². The highest BCUT2D eigenvalue weighted by Gasteiger charge is 2.60. The summed E-state index contributed by atoms with van der Waals surface area (Å²) in [6.45, 7) is 5.01. The number of benzene rings is 1. The fourth-order valence-corrected chi connectivity index (χ4v) is 2.57. The van der Waals surface area contributed by atoms with Crippen molar-refractivity contribution in [2.24, 2.45) is 11.1 Å². The molecule has 2 heterocycles. The molecule has 8 heteroatoms. The fraction of sp³-hybridized carbons (Fsp3) is 0.412. The summed E-state index contributed by atoms with van der Waals surface area (Å²) in [6.07, 6.45) is -1.96. The summed E-state index contributed by atoms with van der Waals surface area (Å²) in [5, 5.41) is 17.2. The lowest BCUT2D eigenvalue weighted by Crippen LogP contribution is -2.45. The summed E-state index contributed by atoms with van der Waals surface area (Å²) in [5.41, 5.74) is 2.34. The SMILES string of the molecule is CC(C)Cn1cc(-c2ccc(C3=NOC(O)(C(F)(F)F)C3)cc2)cn1. The number of oxime groups is 1. The van der Waals surface area contributed by atoms with Crippen LogP contribution >= 0.6 is 0 Å². The molecule has 1 N–H and O–H groups in total. The van der Waals surface area contributed by atoms with Crippen LogP contribution in [0.4, 0.5) is 13.2 Å². The van der Waals surface area contributed by atoms with Gasteiger partial charge in [-0.3, -0.25) is 4.68 Å². The molecule has 1 aromatic heterocycles. The average molecular weight is 353 g/mol. The second-order valence-corrected chi connectivity index (χ2v) is 6.51. The maximum absolute atomic E-state index is 12.8. The smallest absolute Gasteiger partial charge is 0.350 e. The number of hydrogen-bond acceptors (Lipinski definition) is 4. The number of hydrogen-bond donors (Lipinski definition) is 1. The van der Waals surface area contributed by atoms with Crippen LogP contribution in [0.2, 0.25) is 0 Å². The molecule has 134 valence electrons. The molecule has 1 aromatic carbocycles. The molecule has 0 radical (unpaired) electrons. The second-order valence-electron chi connectivity index (χ2n) is 6.51. The third-order valence-electron chi connectivity index (χ3n) is 3.89. The van der Waals surface area contributed by atoms with Crippen molar-refractivity contribution in [1.29, 1.82) is 0 Å². The molecule has 0 amide bonds. The minimum absolute atomic E-state index is 0.0573. The summed E-state index contributed by atoms with van der Waals surface area (Å²) in [4.78, 5) is 4.23. The molecule has 25 heavy (non-hydrogen) atoms. The quantitative estimate of drug-likeness (QED) is 0.914. The monoisotopic (exact) mass is 353 g/mol. The number of halogens is 3. The van der Waals surface area contributed by atoms with E-state index in [0.29, 0.717) is 11.5 Å². The van der Waals surface area contributed by atoms with Gasteiger partial charge in [0.2, 0.25) is 0 Å². The largest absolute Gasteiger partial charge is 0.458 e. The molecule has 0 aliphatic carbocycles. The van der Waals surface area contributed by atoms with E-state index in [4.69, 9.17) is 0 Å². The zero-order valence-corrected chi connectivity index (χ0v) is 13.8. The molecule has 1 unspecified atom stereocenters. The van der Waals surface area contributed by atoms with Gasteiger partial charge < -0.3 is 9.94 Å². The number of aromatic nitrogens is 2. The summed E-state index contributed by atoms with van der Waals surface area (Å²) in [5.74, 6) is -2.78. The van der Waals surface area contributed by atoms with E-state index < -0.39 is 18.4 Å². The Morgan fingerprint density at radius 1 is 1.20 bits per heavy atom. The fourth-order valence-electron chi connectivity index (χ4n) is 2.57. The van der Waals surface area contributed by atoms with Crippen LogP contribution in [-0.2, 0) is 11.4 Å². The van der Waals surface area contributed by atoms with E-state index in [9.17, 15) is 18.3 Å². The van der Waals surface area contributed by atoms with Crippen molar-refractivity contribution < 1.29 is 23.1 Å². The lowest BCUT2D eigenvalue weighted by atomic mass is 10.00. The highest BCUT2D eigenvalue weighted by atomic mass is 19.4. The van der Waals surface area contributed by atoms with Crippen LogP contribution in [0.15, 0.2) is 41.8 Å². The Balaban J connectivity index is 1.74. The average Bonchev–Trinajstić information content (AvgIpc) is 3.14. The van der Waals surface area contributed by atoms with Gasteiger partial charge in [0.1, 0.15) is 0 Å². The predicted molar refractivity (Wildman–Crippen MR) is 85.7 cm³/mol. The molecule has 0 saturated carbocycles. The van der Waals surface area contributed by atoms with Crippen molar-refractivity contribution in [2.75, 3.05) is 0 Å². The molecule has 1 atom stereocenters. The summed E-state index contributed by atoms with van der Waals surface area (Å²) >= 11 is 0. The molecule has 1 aliphatic heterocycles. The van der Waals surface area contributed by atoms with Crippen molar-refractivity contribution in [3.05, 3.63) is 42.2 Å². The van der Waals surface area contributed by atoms with Gasteiger partial charge in [0.15, 0.2) is 0 Å². The molecule has 2 aromatic rings. The number of alkyl halides is 3. The topological polar surface area (TPSA) is 59.6 Å².